The Labute approximate surface area is 144 Å². The van der Waals surface area contributed by atoms with Gasteiger partial charge in [-0.05, 0) is 43.9 Å². The zero-order valence-electron chi connectivity index (χ0n) is 15.0. The quantitative estimate of drug-likeness (QED) is 0.854. The molecule has 2 amide bonds. The summed E-state index contributed by atoms with van der Waals surface area (Å²) in [5.41, 5.74) is 0.257. The van der Waals surface area contributed by atoms with Gasteiger partial charge in [-0.3, -0.25) is 4.79 Å². The predicted octanol–water partition coefficient (Wildman–Crippen LogP) is 2.24. The van der Waals surface area contributed by atoms with E-state index in [1.54, 1.807) is 11.8 Å². The standard InChI is InChI=1S/C18H31N3O3/c1-3-7-21(14(2)22)15-4-8-19(9-5-15)16-11-18(12-16)6-10-20(13-18)17(23)24/h15-16H,3-13H2,1-2H3,(H,23,24). The topological polar surface area (TPSA) is 64.1 Å². The second kappa shape index (κ2) is 6.90. The summed E-state index contributed by atoms with van der Waals surface area (Å²) in [4.78, 5) is 29.2. The van der Waals surface area contributed by atoms with Crippen LogP contribution in [0.2, 0.25) is 0 Å². The van der Waals surface area contributed by atoms with Crippen LogP contribution in [0.5, 0.6) is 0 Å². The summed E-state index contributed by atoms with van der Waals surface area (Å²) in [6.07, 6.45) is 5.72. The molecule has 2 saturated heterocycles. The molecule has 2 aliphatic heterocycles. The van der Waals surface area contributed by atoms with Crippen LogP contribution in [0.1, 0.15) is 52.4 Å². The first kappa shape index (κ1) is 17.5. The molecule has 0 unspecified atom stereocenters. The monoisotopic (exact) mass is 337 g/mol. The molecule has 3 aliphatic rings. The van der Waals surface area contributed by atoms with Crippen molar-refractivity contribution in [1.82, 2.24) is 14.7 Å². The average molecular weight is 337 g/mol. The van der Waals surface area contributed by atoms with Crippen molar-refractivity contribution >= 4 is 12.0 Å². The Bertz CT molecular complexity index is 482. The Morgan fingerprint density at radius 1 is 1.21 bits per heavy atom. The Hall–Kier alpha value is -1.30. The summed E-state index contributed by atoms with van der Waals surface area (Å²) in [5.74, 6) is 0.206. The maximum Gasteiger partial charge on any atom is 0.407 e. The zero-order chi connectivity index (χ0) is 17.3. The molecule has 1 N–H and O–H groups in total. The lowest BCUT2D eigenvalue weighted by molar-refractivity contribution is -0.132. The molecule has 0 aromatic carbocycles. The normalized spacial score (nSPS) is 31.2. The van der Waals surface area contributed by atoms with Crippen molar-refractivity contribution in [2.45, 2.75) is 64.5 Å². The van der Waals surface area contributed by atoms with Crippen molar-refractivity contribution in [3.63, 3.8) is 0 Å². The number of amides is 2. The maximum atomic E-state index is 11.8. The minimum Gasteiger partial charge on any atom is -0.465 e. The lowest BCUT2D eigenvalue weighted by Gasteiger charge is -2.52. The molecule has 1 saturated carbocycles. The van der Waals surface area contributed by atoms with Crippen molar-refractivity contribution < 1.29 is 14.7 Å². The lowest BCUT2D eigenvalue weighted by atomic mass is 9.64. The van der Waals surface area contributed by atoms with Crippen LogP contribution in [-0.2, 0) is 4.79 Å². The fourth-order valence-electron chi connectivity index (χ4n) is 5.03. The summed E-state index contributed by atoms with van der Waals surface area (Å²) in [5, 5.41) is 9.13. The van der Waals surface area contributed by atoms with Crippen LogP contribution in [0, 0.1) is 5.41 Å². The summed E-state index contributed by atoms with van der Waals surface area (Å²) in [6.45, 7) is 8.26. The van der Waals surface area contributed by atoms with E-state index >= 15 is 0 Å². The van der Waals surface area contributed by atoms with Gasteiger partial charge in [0.1, 0.15) is 0 Å². The Morgan fingerprint density at radius 3 is 2.38 bits per heavy atom. The molecule has 0 atom stereocenters. The highest BCUT2D eigenvalue weighted by Gasteiger charge is 2.51. The number of carbonyl (C=O) groups is 2. The molecule has 1 aliphatic carbocycles. The number of carboxylic acid groups (broad SMARTS) is 1. The van der Waals surface area contributed by atoms with Gasteiger partial charge in [0, 0.05) is 51.7 Å². The molecule has 0 aromatic rings. The second-order valence-corrected chi connectivity index (χ2v) is 8.00. The van der Waals surface area contributed by atoms with Gasteiger partial charge in [-0.25, -0.2) is 4.79 Å². The highest BCUT2D eigenvalue weighted by atomic mass is 16.4. The molecular weight excluding hydrogens is 306 g/mol. The molecule has 3 rings (SSSR count). The van der Waals surface area contributed by atoms with Gasteiger partial charge in [-0.15, -0.1) is 0 Å². The minimum atomic E-state index is -0.767. The fraction of sp³-hybridized carbons (Fsp3) is 0.889. The molecule has 0 radical (unpaired) electrons. The summed E-state index contributed by atoms with van der Waals surface area (Å²) >= 11 is 0. The van der Waals surface area contributed by atoms with Crippen LogP contribution in [0.3, 0.4) is 0 Å². The molecule has 2 heterocycles. The third-order valence-corrected chi connectivity index (χ3v) is 6.37. The second-order valence-electron chi connectivity index (χ2n) is 8.00. The molecule has 3 fully saturated rings. The first-order valence-corrected chi connectivity index (χ1v) is 9.43. The Kier molecular flexibility index (Phi) is 5.04. The summed E-state index contributed by atoms with van der Waals surface area (Å²) in [7, 11) is 0. The molecule has 0 bridgehead atoms. The first-order chi connectivity index (χ1) is 11.4. The molecule has 136 valence electrons. The van der Waals surface area contributed by atoms with E-state index in [1.165, 1.54) is 0 Å². The van der Waals surface area contributed by atoms with Crippen LogP contribution in [0.25, 0.3) is 0 Å². The fourth-order valence-corrected chi connectivity index (χ4v) is 5.03. The highest BCUT2D eigenvalue weighted by Crippen LogP contribution is 2.50. The number of piperidine rings is 1. The third-order valence-electron chi connectivity index (χ3n) is 6.37. The zero-order valence-corrected chi connectivity index (χ0v) is 15.0. The molecular formula is C18H31N3O3. The van der Waals surface area contributed by atoms with Crippen LogP contribution in [0.4, 0.5) is 4.79 Å². The van der Waals surface area contributed by atoms with Crippen LogP contribution in [-0.4, -0.2) is 76.6 Å². The minimum absolute atomic E-state index is 0.206. The third kappa shape index (κ3) is 3.39. The number of hydrogen-bond donors (Lipinski definition) is 1. The van der Waals surface area contributed by atoms with Gasteiger partial charge in [0.2, 0.25) is 5.91 Å². The summed E-state index contributed by atoms with van der Waals surface area (Å²) in [6, 6.07) is 1.03. The van der Waals surface area contributed by atoms with Crippen molar-refractivity contribution in [2.75, 3.05) is 32.7 Å². The van der Waals surface area contributed by atoms with Gasteiger partial charge < -0.3 is 19.8 Å². The van der Waals surface area contributed by atoms with Crippen molar-refractivity contribution in [3.05, 3.63) is 0 Å². The van der Waals surface area contributed by atoms with Crippen molar-refractivity contribution in [3.8, 4) is 0 Å². The van der Waals surface area contributed by atoms with E-state index < -0.39 is 6.09 Å². The number of hydrogen-bond acceptors (Lipinski definition) is 3. The maximum absolute atomic E-state index is 11.8. The smallest absolute Gasteiger partial charge is 0.407 e. The van der Waals surface area contributed by atoms with Crippen molar-refractivity contribution in [2.24, 2.45) is 5.41 Å². The van der Waals surface area contributed by atoms with E-state index in [9.17, 15) is 9.59 Å². The van der Waals surface area contributed by atoms with E-state index in [4.69, 9.17) is 5.11 Å². The largest absolute Gasteiger partial charge is 0.465 e. The Balaban J connectivity index is 1.45. The van der Waals surface area contributed by atoms with E-state index in [1.807, 2.05) is 0 Å². The van der Waals surface area contributed by atoms with Crippen LogP contribution >= 0.6 is 0 Å². The number of carbonyl (C=O) groups excluding carboxylic acids is 1. The van der Waals surface area contributed by atoms with Gasteiger partial charge >= 0.3 is 6.09 Å². The van der Waals surface area contributed by atoms with E-state index in [0.717, 1.165) is 64.7 Å². The molecule has 24 heavy (non-hydrogen) atoms. The average Bonchev–Trinajstić information content (AvgIpc) is 2.97. The number of rotatable bonds is 4. The molecule has 0 aromatic heterocycles. The number of likely N-dealkylation sites (tertiary alicyclic amines) is 2. The Morgan fingerprint density at radius 2 is 1.88 bits per heavy atom. The van der Waals surface area contributed by atoms with Crippen LogP contribution in [0.15, 0.2) is 0 Å². The SMILES string of the molecule is CCCN(C(C)=O)C1CCN(C2CC3(CCN(C(=O)O)C3)C2)CC1. The van der Waals surface area contributed by atoms with Gasteiger partial charge in [-0.2, -0.15) is 0 Å². The van der Waals surface area contributed by atoms with Gasteiger partial charge in [0.25, 0.3) is 0 Å². The van der Waals surface area contributed by atoms with E-state index in [-0.39, 0.29) is 11.3 Å². The molecule has 6 heteroatoms. The van der Waals surface area contributed by atoms with E-state index in [0.29, 0.717) is 18.6 Å². The van der Waals surface area contributed by atoms with Crippen LogP contribution < -0.4 is 0 Å². The van der Waals surface area contributed by atoms with E-state index in [2.05, 4.69) is 16.7 Å². The highest BCUT2D eigenvalue weighted by molar-refractivity contribution is 5.73. The predicted molar refractivity (Wildman–Crippen MR) is 91.9 cm³/mol. The van der Waals surface area contributed by atoms with Gasteiger partial charge in [-0.1, -0.05) is 6.92 Å². The first-order valence-electron chi connectivity index (χ1n) is 9.43. The molecule has 1 spiro atoms. The van der Waals surface area contributed by atoms with Gasteiger partial charge in [0.15, 0.2) is 0 Å². The van der Waals surface area contributed by atoms with Gasteiger partial charge in [0.05, 0.1) is 0 Å². The van der Waals surface area contributed by atoms with Crippen molar-refractivity contribution in [1.29, 1.82) is 0 Å². The lowest BCUT2D eigenvalue weighted by Crippen LogP contribution is -2.56. The number of nitrogens with zero attached hydrogens (tertiary/aromatic N) is 3. The molecule has 6 nitrogen and oxygen atoms in total. The summed E-state index contributed by atoms with van der Waals surface area (Å²) < 4.78 is 0.